The Balaban J connectivity index is 1.18. The van der Waals surface area contributed by atoms with Gasteiger partial charge in [0.15, 0.2) is 11.7 Å². The lowest BCUT2D eigenvalue weighted by Gasteiger charge is -2.07. The first kappa shape index (κ1) is 21.1. The zero-order valence-electron chi connectivity index (χ0n) is 18.0. The molecule has 8 heteroatoms. The second-order valence-electron chi connectivity index (χ2n) is 7.80. The lowest BCUT2D eigenvalue weighted by atomic mass is 10.2. The summed E-state index contributed by atoms with van der Waals surface area (Å²) >= 11 is 0. The fourth-order valence-electron chi connectivity index (χ4n) is 3.83. The Morgan fingerprint density at radius 1 is 1.16 bits per heavy atom. The number of carbonyl (C=O) groups excluding carboxylic acids is 1. The van der Waals surface area contributed by atoms with Crippen LogP contribution in [0.2, 0.25) is 0 Å². The number of methoxy groups -OCH3 is 1. The number of hydrogen-bond donors (Lipinski definition) is 1. The van der Waals surface area contributed by atoms with Crippen molar-refractivity contribution in [2.45, 2.75) is 57.9 Å². The Morgan fingerprint density at radius 3 is 2.87 bits per heavy atom. The molecule has 1 aliphatic rings. The van der Waals surface area contributed by atoms with Gasteiger partial charge in [-0.3, -0.25) is 4.79 Å². The zero-order chi connectivity index (χ0) is 21.5. The molecule has 0 unspecified atom stereocenters. The van der Waals surface area contributed by atoms with Gasteiger partial charge in [-0.05, 0) is 43.5 Å². The summed E-state index contributed by atoms with van der Waals surface area (Å²) in [5, 5.41) is 11.6. The van der Waals surface area contributed by atoms with Crippen molar-refractivity contribution in [3.05, 3.63) is 48.0 Å². The summed E-state index contributed by atoms with van der Waals surface area (Å²) in [5.74, 6) is 4.19. The number of amides is 1. The first-order chi connectivity index (χ1) is 15.2. The highest BCUT2D eigenvalue weighted by atomic mass is 16.5. The normalized spacial score (nSPS) is 13.5. The van der Waals surface area contributed by atoms with Crippen LogP contribution in [0.25, 0.3) is 11.3 Å². The maximum Gasteiger partial charge on any atom is 0.220 e. The molecule has 0 bridgehead atoms. The Kier molecular flexibility index (Phi) is 6.96. The van der Waals surface area contributed by atoms with Crippen molar-refractivity contribution in [3.8, 4) is 17.1 Å². The Labute approximate surface area is 182 Å². The SMILES string of the molecule is COc1ccc(-c2cnc(CCC(=O)NCCCc3nnc4n3CCCCC4)o2)cc1. The Hall–Kier alpha value is -3.16. The quantitative estimate of drug-likeness (QED) is 0.531. The van der Waals surface area contributed by atoms with Gasteiger partial charge in [-0.2, -0.15) is 0 Å². The van der Waals surface area contributed by atoms with Gasteiger partial charge in [-0.25, -0.2) is 4.98 Å². The molecule has 31 heavy (non-hydrogen) atoms. The molecule has 1 amide bonds. The molecule has 0 saturated heterocycles. The largest absolute Gasteiger partial charge is 0.497 e. The molecule has 0 spiro atoms. The fraction of sp³-hybridized carbons (Fsp3) is 0.478. The highest BCUT2D eigenvalue weighted by molar-refractivity contribution is 5.76. The molecular weight excluding hydrogens is 394 g/mol. The van der Waals surface area contributed by atoms with E-state index < -0.39 is 0 Å². The van der Waals surface area contributed by atoms with Crippen molar-refractivity contribution in [3.63, 3.8) is 0 Å². The number of nitrogens with zero attached hydrogens (tertiary/aromatic N) is 4. The van der Waals surface area contributed by atoms with Gasteiger partial charge in [0, 0.05) is 44.3 Å². The van der Waals surface area contributed by atoms with Gasteiger partial charge in [-0.1, -0.05) is 6.42 Å². The van der Waals surface area contributed by atoms with E-state index in [4.69, 9.17) is 9.15 Å². The first-order valence-corrected chi connectivity index (χ1v) is 11.0. The number of carbonyl (C=O) groups is 1. The number of rotatable bonds is 9. The molecule has 0 atom stereocenters. The Bertz CT molecular complexity index is 993. The zero-order valence-corrected chi connectivity index (χ0v) is 18.0. The number of fused-ring (bicyclic) bond motifs is 1. The van der Waals surface area contributed by atoms with E-state index in [-0.39, 0.29) is 5.91 Å². The van der Waals surface area contributed by atoms with E-state index in [1.165, 1.54) is 19.3 Å². The van der Waals surface area contributed by atoms with Crippen LogP contribution in [-0.2, 0) is 30.6 Å². The van der Waals surface area contributed by atoms with Crippen LogP contribution < -0.4 is 10.1 Å². The number of aryl methyl sites for hydroxylation is 3. The van der Waals surface area contributed by atoms with Crippen LogP contribution in [0.3, 0.4) is 0 Å². The predicted octanol–water partition coefficient (Wildman–Crippen LogP) is 3.35. The van der Waals surface area contributed by atoms with E-state index in [1.54, 1.807) is 13.3 Å². The third-order valence-corrected chi connectivity index (χ3v) is 5.58. The minimum atomic E-state index is 0.00395. The molecular formula is C23H29N5O3. The second-order valence-corrected chi connectivity index (χ2v) is 7.80. The van der Waals surface area contributed by atoms with E-state index in [0.717, 1.165) is 48.8 Å². The summed E-state index contributed by atoms with van der Waals surface area (Å²) in [5.41, 5.74) is 0.926. The van der Waals surface area contributed by atoms with Crippen LogP contribution in [0.4, 0.5) is 0 Å². The van der Waals surface area contributed by atoms with Crippen LogP contribution in [0.5, 0.6) is 5.75 Å². The summed E-state index contributed by atoms with van der Waals surface area (Å²) in [6.45, 7) is 1.64. The summed E-state index contributed by atoms with van der Waals surface area (Å²) in [4.78, 5) is 16.5. The molecule has 3 aromatic rings. The maximum absolute atomic E-state index is 12.2. The minimum Gasteiger partial charge on any atom is -0.497 e. The first-order valence-electron chi connectivity index (χ1n) is 11.0. The molecule has 0 aliphatic carbocycles. The molecule has 0 radical (unpaired) electrons. The van der Waals surface area contributed by atoms with E-state index in [1.807, 2.05) is 24.3 Å². The van der Waals surface area contributed by atoms with Gasteiger partial charge in [0.1, 0.15) is 17.4 Å². The maximum atomic E-state index is 12.2. The third kappa shape index (κ3) is 5.51. The highest BCUT2D eigenvalue weighted by Gasteiger charge is 2.14. The molecule has 4 rings (SSSR count). The standard InChI is InChI=1S/C23H29N5O3/c1-30-18-10-8-17(9-11-18)19-16-25-23(31-19)13-12-22(29)24-14-5-7-21-27-26-20-6-3-2-4-15-28(20)21/h8-11,16H,2-7,12-15H2,1H3,(H,24,29). The second kappa shape index (κ2) is 10.2. The molecule has 1 N–H and O–H groups in total. The number of hydrogen-bond acceptors (Lipinski definition) is 6. The molecule has 164 valence electrons. The number of nitrogens with one attached hydrogen (secondary N) is 1. The van der Waals surface area contributed by atoms with E-state index in [2.05, 4.69) is 25.1 Å². The lowest BCUT2D eigenvalue weighted by Crippen LogP contribution is -2.25. The lowest BCUT2D eigenvalue weighted by molar-refractivity contribution is -0.121. The third-order valence-electron chi connectivity index (χ3n) is 5.58. The van der Waals surface area contributed by atoms with Crippen molar-refractivity contribution in [1.29, 1.82) is 0 Å². The number of oxazole rings is 1. The van der Waals surface area contributed by atoms with E-state index >= 15 is 0 Å². The topological polar surface area (TPSA) is 95.1 Å². The Morgan fingerprint density at radius 2 is 2.03 bits per heavy atom. The predicted molar refractivity (Wildman–Crippen MR) is 116 cm³/mol. The van der Waals surface area contributed by atoms with Gasteiger partial charge in [0.25, 0.3) is 0 Å². The summed E-state index contributed by atoms with van der Waals surface area (Å²) < 4.78 is 13.2. The fourth-order valence-corrected chi connectivity index (χ4v) is 3.83. The van der Waals surface area contributed by atoms with Crippen LogP contribution in [0.15, 0.2) is 34.9 Å². The molecule has 2 aromatic heterocycles. The molecule has 0 fully saturated rings. The number of aromatic nitrogens is 4. The van der Waals surface area contributed by atoms with Crippen molar-refractivity contribution >= 4 is 5.91 Å². The van der Waals surface area contributed by atoms with Gasteiger partial charge in [0.2, 0.25) is 5.91 Å². The molecule has 0 saturated carbocycles. The van der Waals surface area contributed by atoms with Gasteiger partial charge < -0.3 is 19.0 Å². The summed E-state index contributed by atoms with van der Waals surface area (Å²) in [6, 6.07) is 7.60. The highest BCUT2D eigenvalue weighted by Crippen LogP contribution is 2.23. The van der Waals surface area contributed by atoms with E-state index in [0.29, 0.717) is 31.0 Å². The number of ether oxygens (including phenoxy) is 1. The van der Waals surface area contributed by atoms with Gasteiger partial charge >= 0.3 is 0 Å². The molecule has 3 heterocycles. The summed E-state index contributed by atoms with van der Waals surface area (Å²) in [6.07, 6.45) is 8.85. The van der Waals surface area contributed by atoms with E-state index in [9.17, 15) is 4.79 Å². The van der Waals surface area contributed by atoms with Crippen molar-refractivity contribution < 1.29 is 13.9 Å². The molecule has 8 nitrogen and oxygen atoms in total. The van der Waals surface area contributed by atoms with Crippen LogP contribution >= 0.6 is 0 Å². The van der Waals surface area contributed by atoms with Crippen LogP contribution in [-0.4, -0.2) is 39.3 Å². The van der Waals surface area contributed by atoms with Crippen molar-refractivity contribution in [2.24, 2.45) is 0 Å². The summed E-state index contributed by atoms with van der Waals surface area (Å²) in [7, 11) is 1.63. The van der Waals surface area contributed by atoms with Gasteiger partial charge in [-0.15, -0.1) is 10.2 Å². The van der Waals surface area contributed by atoms with Crippen molar-refractivity contribution in [1.82, 2.24) is 25.1 Å². The van der Waals surface area contributed by atoms with Crippen molar-refractivity contribution in [2.75, 3.05) is 13.7 Å². The average Bonchev–Trinajstić information content (AvgIpc) is 3.36. The monoisotopic (exact) mass is 423 g/mol. The molecule has 1 aromatic carbocycles. The van der Waals surface area contributed by atoms with Crippen LogP contribution in [0, 0.1) is 0 Å². The average molecular weight is 424 g/mol. The van der Waals surface area contributed by atoms with Gasteiger partial charge in [0.05, 0.1) is 13.3 Å². The minimum absolute atomic E-state index is 0.00395. The van der Waals surface area contributed by atoms with Crippen LogP contribution in [0.1, 0.15) is 49.6 Å². The number of benzene rings is 1. The smallest absolute Gasteiger partial charge is 0.220 e. The molecule has 1 aliphatic heterocycles.